The fourth-order valence-electron chi connectivity index (χ4n) is 2.44. The van der Waals surface area contributed by atoms with Crippen LogP contribution in [0.4, 0.5) is 5.69 Å². The van der Waals surface area contributed by atoms with E-state index in [1.54, 1.807) is 7.11 Å². The Bertz CT molecular complexity index is 733. The number of halogens is 1. The quantitative estimate of drug-likeness (QED) is 0.777. The lowest BCUT2D eigenvalue weighted by Crippen LogP contribution is -2.08. The first-order valence-corrected chi connectivity index (χ1v) is 8.52. The molecule has 0 saturated heterocycles. The van der Waals surface area contributed by atoms with Crippen LogP contribution in [-0.4, -0.2) is 20.0 Å². The molecule has 1 heterocycles. The maximum absolute atomic E-state index is 5.81. The van der Waals surface area contributed by atoms with E-state index in [9.17, 15) is 0 Å². The van der Waals surface area contributed by atoms with Crippen molar-refractivity contribution in [3.8, 4) is 23.0 Å². The summed E-state index contributed by atoms with van der Waals surface area (Å²) < 4.78 is 22.9. The number of nitrogens with one attached hydrogen (secondary N) is 1. The average molecular weight is 394 g/mol. The Hall–Kier alpha value is -2.08. The highest BCUT2D eigenvalue weighted by atomic mass is 79.9. The predicted molar refractivity (Wildman–Crippen MR) is 96.3 cm³/mol. The molecule has 0 spiro atoms. The van der Waals surface area contributed by atoms with Crippen LogP contribution in [0.15, 0.2) is 34.8 Å². The highest BCUT2D eigenvalue weighted by molar-refractivity contribution is 9.10. The molecule has 2 aromatic rings. The van der Waals surface area contributed by atoms with Crippen LogP contribution in [0.25, 0.3) is 0 Å². The SMILES string of the molecule is COc1cc(CNc2ccc3c(c2)OCO3)cc(Br)c1OC(C)C. The molecule has 0 atom stereocenters. The van der Waals surface area contributed by atoms with Gasteiger partial charge in [0.05, 0.1) is 17.7 Å². The number of hydrogen-bond donors (Lipinski definition) is 1. The van der Waals surface area contributed by atoms with Gasteiger partial charge in [-0.05, 0) is 59.6 Å². The lowest BCUT2D eigenvalue weighted by molar-refractivity contribution is 0.174. The van der Waals surface area contributed by atoms with Gasteiger partial charge < -0.3 is 24.3 Å². The molecular formula is C18H20BrNO4. The van der Waals surface area contributed by atoms with Crippen molar-refractivity contribution >= 4 is 21.6 Å². The van der Waals surface area contributed by atoms with Crippen LogP contribution in [0.5, 0.6) is 23.0 Å². The summed E-state index contributed by atoms with van der Waals surface area (Å²) in [6, 6.07) is 9.81. The second-order valence-corrected chi connectivity index (χ2v) is 6.55. The van der Waals surface area contributed by atoms with Crippen molar-refractivity contribution in [2.45, 2.75) is 26.5 Å². The Balaban J connectivity index is 1.74. The topological polar surface area (TPSA) is 49.0 Å². The molecule has 1 aliphatic rings. The lowest BCUT2D eigenvalue weighted by atomic mass is 10.2. The standard InChI is InChI=1S/C18H20BrNO4/c1-11(2)24-18-14(19)6-12(7-17(18)21-3)9-20-13-4-5-15-16(8-13)23-10-22-15/h4-8,11,20H,9-10H2,1-3H3. The van der Waals surface area contributed by atoms with Gasteiger partial charge in [-0.3, -0.25) is 0 Å². The zero-order valence-corrected chi connectivity index (χ0v) is 15.5. The van der Waals surface area contributed by atoms with Gasteiger partial charge in [-0.1, -0.05) is 0 Å². The highest BCUT2D eigenvalue weighted by Crippen LogP contribution is 2.38. The molecule has 2 aromatic carbocycles. The minimum absolute atomic E-state index is 0.0767. The predicted octanol–water partition coefficient (Wildman–Crippen LogP) is 4.59. The largest absolute Gasteiger partial charge is 0.493 e. The van der Waals surface area contributed by atoms with Crippen molar-refractivity contribution in [1.82, 2.24) is 0 Å². The normalized spacial score (nSPS) is 12.4. The number of ether oxygens (including phenoxy) is 4. The Labute approximate surface area is 150 Å². The summed E-state index contributed by atoms with van der Waals surface area (Å²) in [5.74, 6) is 2.97. The van der Waals surface area contributed by atoms with E-state index in [0.717, 1.165) is 33.0 Å². The summed E-state index contributed by atoms with van der Waals surface area (Å²) >= 11 is 3.56. The molecule has 0 aliphatic carbocycles. The number of anilines is 1. The third-order valence-corrected chi connectivity index (χ3v) is 4.10. The molecule has 5 nitrogen and oxygen atoms in total. The van der Waals surface area contributed by atoms with Gasteiger partial charge >= 0.3 is 0 Å². The number of methoxy groups -OCH3 is 1. The van der Waals surface area contributed by atoms with Gasteiger partial charge in [-0.25, -0.2) is 0 Å². The Morgan fingerprint density at radius 3 is 2.71 bits per heavy atom. The van der Waals surface area contributed by atoms with Crippen molar-refractivity contribution < 1.29 is 18.9 Å². The molecule has 6 heteroatoms. The fourth-order valence-corrected chi connectivity index (χ4v) is 3.02. The van der Waals surface area contributed by atoms with E-state index in [0.29, 0.717) is 12.3 Å². The Morgan fingerprint density at radius 1 is 1.17 bits per heavy atom. The summed E-state index contributed by atoms with van der Waals surface area (Å²) in [6.07, 6.45) is 0.0767. The van der Waals surface area contributed by atoms with E-state index in [1.165, 1.54) is 0 Å². The first-order chi connectivity index (χ1) is 11.6. The number of fused-ring (bicyclic) bond motifs is 1. The molecule has 3 rings (SSSR count). The van der Waals surface area contributed by atoms with E-state index < -0.39 is 0 Å². The first-order valence-electron chi connectivity index (χ1n) is 7.73. The minimum atomic E-state index is 0.0767. The van der Waals surface area contributed by atoms with Crippen LogP contribution in [0.2, 0.25) is 0 Å². The summed E-state index contributed by atoms with van der Waals surface area (Å²) in [7, 11) is 1.64. The number of hydrogen-bond acceptors (Lipinski definition) is 5. The second-order valence-electron chi connectivity index (χ2n) is 5.70. The molecule has 0 saturated carbocycles. The smallest absolute Gasteiger partial charge is 0.231 e. The lowest BCUT2D eigenvalue weighted by Gasteiger charge is -2.17. The van der Waals surface area contributed by atoms with E-state index in [1.807, 2.05) is 44.2 Å². The van der Waals surface area contributed by atoms with E-state index in [4.69, 9.17) is 18.9 Å². The third kappa shape index (κ3) is 3.70. The molecule has 0 bridgehead atoms. The zero-order valence-electron chi connectivity index (χ0n) is 13.9. The maximum atomic E-state index is 5.81. The zero-order chi connectivity index (χ0) is 17.1. The van der Waals surface area contributed by atoms with Crippen LogP contribution in [0, 0.1) is 0 Å². The third-order valence-electron chi connectivity index (χ3n) is 3.51. The van der Waals surface area contributed by atoms with Crippen molar-refractivity contribution in [3.63, 3.8) is 0 Å². The minimum Gasteiger partial charge on any atom is -0.493 e. The summed E-state index contributed by atoms with van der Waals surface area (Å²) in [4.78, 5) is 0. The molecule has 0 amide bonds. The highest BCUT2D eigenvalue weighted by Gasteiger charge is 2.15. The average Bonchev–Trinajstić information content (AvgIpc) is 3.02. The second kappa shape index (κ2) is 7.21. The van der Waals surface area contributed by atoms with Crippen molar-refractivity contribution in [1.29, 1.82) is 0 Å². The van der Waals surface area contributed by atoms with Gasteiger partial charge in [0.25, 0.3) is 0 Å². The summed E-state index contributed by atoms with van der Waals surface area (Å²) in [5.41, 5.74) is 2.05. The van der Waals surface area contributed by atoms with Crippen molar-refractivity contribution in [2.24, 2.45) is 0 Å². The van der Waals surface area contributed by atoms with Gasteiger partial charge in [0.15, 0.2) is 23.0 Å². The van der Waals surface area contributed by atoms with Crippen LogP contribution < -0.4 is 24.3 Å². The Kier molecular flexibility index (Phi) is 5.04. The van der Waals surface area contributed by atoms with E-state index in [-0.39, 0.29) is 12.9 Å². The van der Waals surface area contributed by atoms with Gasteiger partial charge in [0.1, 0.15) is 0 Å². The molecule has 1 N–H and O–H groups in total. The van der Waals surface area contributed by atoms with Crippen LogP contribution in [-0.2, 0) is 6.54 Å². The van der Waals surface area contributed by atoms with E-state index >= 15 is 0 Å². The van der Waals surface area contributed by atoms with Crippen molar-refractivity contribution in [3.05, 3.63) is 40.4 Å². The van der Waals surface area contributed by atoms with Crippen LogP contribution in [0.1, 0.15) is 19.4 Å². The first kappa shape index (κ1) is 16.8. The molecule has 1 aliphatic heterocycles. The maximum Gasteiger partial charge on any atom is 0.231 e. The molecule has 0 fully saturated rings. The number of rotatable bonds is 6. The molecule has 0 unspecified atom stereocenters. The van der Waals surface area contributed by atoms with Crippen LogP contribution >= 0.6 is 15.9 Å². The van der Waals surface area contributed by atoms with Crippen LogP contribution in [0.3, 0.4) is 0 Å². The van der Waals surface area contributed by atoms with Gasteiger partial charge in [0.2, 0.25) is 6.79 Å². The monoisotopic (exact) mass is 393 g/mol. The molecular weight excluding hydrogens is 374 g/mol. The molecule has 24 heavy (non-hydrogen) atoms. The van der Waals surface area contributed by atoms with Gasteiger partial charge in [0, 0.05) is 18.3 Å². The van der Waals surface area contributed by atoms with Gasteiger partial charge in [-0.2, -0.15) is 0 Å². The molecule has 128 valence electrons. The molecule has 0 radical (unpaired) electrons. The molecule has 0 aromatic heterocycles. The summed E-state index contributed by atoms with van der Waals surface area (Å²) in [6.45, 7) is 4.90. The van der Waals surface area contributed by atoms with E-state index in [2.05, 4.69) is 21.2 Å². The Morgan fingerprint density at radius 2 is 1.96 bits per heavy atom. The fraction of sp³-hybridized carbons (Fsp3) is 0.333. The van der Waals surface area contributed by atoms with Gasteiger partial charge in [-0.15, -0.1) is 0 Å². The summed E-state index contributed by atoms with van der Waals surface area (Å²) in [5, 5.41) is 3.38. The number of benzene rings is 2. The van der Waals surface area contributed by atoms with Crippen molar-refractivity contribution in [2.75, 3.05) is 19.2 Å².